The molecule has 0 saturated carbocycles. The minimum atomic E-state index is 0.251. The van der Waals surface area contributed by atoms with Gasteiger partial charge in [0.15, 0.2) is 0 Å². The van der Waals surface area contributed by atoms with E-state index in [2.05, 4.69) is 32.6 Å². The van der Waals surface area contributed by atoms with E-state index >= 15 is 0 Å². The maximum Gasteiger partial charge on any atom is 0.0326 e. The van der Waals surface area contributed by atoms with Crippen LogP contribution in [-0.2, 0) is 0 Å². The van der Waals surface area contributed by atoms with Gasteiger partial charge in [0.25, 0.3) is 0 Å². The Morgan fingerprint density at radius 1 is 0.778 bits per heavy atom. The molecule has 18 heavy (non-hydrogen) atoms. The third-order valence-corrected chi connectivity index (χ3v) is 4.39. The summed E-state index contributed by atoms with van der Waals surface area (Å²) < 4.78 is 0. The molecule has 0 unspecified atom stereocenters. The van der Waals surface area contributed by atoms with E-state index in [9.17, 15) is 0 Å². The smallest absolute Gasteiger partial charge is 0.0326 e. The van der Waals surface area contributed by atoms with Gasteiger partial charge in [-0.1, -0.05) is 53.4 Å². The average molecular weight is 256 g/mol. The van der Waals surface area contributed by atoms with Crippen molar-refractivity contribution < 1.29 is 0 Å². The van der Waals surface area contributed by atoms with Gasteiger partial charge in [-0.25, -0.2) is 0 Å². The third kappa shape index (κ3) is 5.71. The summed E-state index contributed by atoms with van der Waals surface area (Å²) in [6.07, 6.45) is 10.4. The Kier molecular flexibility index (Phi) is 10.8. The summed E-state index contributed by atoms with van der Waals surface area (Å²) in [6, 6.07) is 0. The number of hydrogen-bond acceptors (Lipinski definition) is 2. The molecule has 0 rings (SSSR count). The normalized spacial score (nSPS) is 12.3. The predicted molar refractivity (Wildman–Crippen MR) is 83.0 cm³/mol. The molecular formula is C16H36N2. The Bertz CT molecular complexity index is 168. The molecule has 0 aliphatic heterocycles. The van der Waals surface area contributed by atoms with Gasteiger partial charge in [0.05, 0.1) is 0 Å². The molecule has 0 atom stereocenters. The quantitative estimate of drug-likeness (QED) is 0.531. The van der Waals surface area contributed by atoms with Gasteiger partial charge < -0.3 is 5.73 Å². The molecule has 0 amide bonds. The summed E-state index contributed by atoms with van der Waals surface area (Å²) in [4.78, 5) is 2.67. The summed E-state index contributed by atoms with van der Waals surface area (Å²) in [7, 11) is 0. The molecule has 2 N–H and O–H groups in total. The molecule has 110 valence electrons. The fourth-order valence-corrected chi connectivity index (χ4v) is 2.88. The summed E-state index contributed by atoms with van der Waals surface area (Å²) in [5, 5.41) is 0. The van der Waals surface area contributed by atoms with Crippen LogP contribution in [0.1, 0.15) is 79.1 Å². The van der Waals surface area contributed by atoms with Gasteiger partial charge in [0.1, 0.15) is 0 Å². The van der Waals surface area contributed by atoms with Crippen LogP contribution in [0.15, 0.2) is 0 Å². The van der Waals surface area contributed by atoms with E-state index < -0.39 is 0 Å². The van der Waals surface area contributed by atoms with Gasteiger partial charge in [-0.15, -0.1) is 0 Å². The van der Waals surface area contributed by atoms with Crippen molar-refractivity contribution >= 4 is 0 Å². The second kappa shape index (κ2) is 10.8. The Morgan fingerprint density at radius 3 is 1.83 bits per heavy atom. The first-order valence-electron chi connectivity index (χ1n) is 8.15. The van der Waals surface area contributed by atoms with E-state index in [0.29, 0.717) is 0 Å². The van der Waals surface area contributed by atoms with Crippen molar-refractivity contribution in [2.45, 2.75) is 84.6 Å². The minimum absolute atomic E-state index is 0.251. The van der Waals surface area contributed by atoms with Crippen LogP contribution in [0.2, 0.25) is 0 Å². The lowest BCUT2D eigenvalue weighted by molar-refractivity contribution is 0.0824. The molecule has 0 radical (unpaired) electrons. The largest absolute Gasteiger partial charge is 0.329 e. The molecule has 0 fully saturated rings. The van der Waals surface area contributed by atoms with E-state index in [1.54, 1.807) is 0 Å². The zero-order valence-electron chi connectivity index (χ0n) is 13.3. The zero-order chi connectivity index (χ0) is 13.9. The molecule has 0 heterocycles. The Hall–Kier alpha value is -0.0800. The van der Waals surface area contributed by atoms with Crippen molar-refractivity contribution in [3.05, 3.63) is 0 Å². The van der Waals surface area contributed by atoms with Crippen LogP contribution in [0, 0.1) is 0 Å². The lowest BCUT2D eigenvalue weighted by Crippen LogP contribution is -2.53. The van der Waals surface area contributed by atoms with Crippen LogP contribution in [0.5, 0.6) is 0 Å². The average Bonchev–Trinajstić information content (AvgIpc) is 2.41. The van der Waals surface area contributed by atoms with Crippen molar-refractivity contribution in [3.63, 3.8) is 0 Å². The number of nitrogens with two attached hydrogens (primary N) is 1. The van der Waals surface area contributed by atoms with Crippen molar-refractivity contribution in [2.24, 2.45) is 5.73 Å². The minimum Gasteiger partial charge on any atom is -0.329 e. The number of unbranched alkanes of at least 4 members (excludes halogenated alkanes) is 4. The van der Waals surface area contributed by atoms with Crippen LogP contribution in [0.4, 0.5) is 0 Å². The molecule has 2 nitrogen and oxygen atoms in total. The third-order valence-electron chi connectivity index (χ3n) is 4.39. The van der Waals surface area contributed by atoms with Gasteiger partial charge in [-0.2, -0.15) is 0 Å². The fraction of sp³-hybridized carbons (Fsp3) is 1.00. The lowest BCUT2D eigenvalue weighted by Gasteiger charge is -2.42. The van der Waals surface area contributed by atoms with Crippen LogP contribution >= 0.6 is 0 Å². The van der Waals surface area contributed by atoms with Gasteiger partial charge in [0, 0.05) is 12.1 Å². The monoisotopic (exact) mass is 256 g/mol. The standard InChI is InChI=1S/C16H36N2/c1-5-9-10-11-12-14-18(13-6-2)16(7-3,8-4)15-17/h5-15,17H2,1-4H3. The first-order valence-corrected chi connectivity index (χ1v) is 8.15. The molecule has 0 aromatic carbocycles. The first-order chi connectivity index (χ1) is 8.70. The summed E-state index contributed by atoms with van der Waals surface area (Å²) in [6.45, 7) is 12.4. The lowest BCUT2D eigenvalue weighted by atomic mass is 9.90. The Labute approximate surface area is 115 Å². The van der Waals surface area contributed by atoms with E-state index in [-0.39, 0.29) is 5.54 Å². The first kappa shape index (κ1) is 17.9. The van der Waals surface area contributed by atoms with Crippen molar-refractivity contribution in [1.29, 1.82) is 0 Å². The Balaban J connectivity index is 4.26. The van der Waals surface area contributed by atoms with Crippen molar-refractivity contribution in [3.8, 4) is 0 Å². The van der Waals surface area contributed by atoms with Crippen LogP contribution < -0.4 is 5.73 Å². The summed E-state index contributed by atoms with van der Waals surface area (Å²) in [5.74, 6) is 0. The highest BCUT2D eigenvalue weighted by molar-refractivity contribution is 4.89. The highest BCUT2D eigenvalue weighted by atomic mass is 15.2. The molecule has 0 bridgehead atoms. The van der Waals surface area contributed by atoms with Crippen molar-refractivity contribution in [2.75, 3.05) is 19.6 Å². The maximum absolute atomic E-state index is 6.07. The molecule has 0 aliphatic carbocycles. The SMILES string of the molecule is CCCCCCCN(CCC)C(CC)(CC)CN. The van der Waals surface area contributed by atoms with Gasteiger partial charge in [0.2, 0.25) is 0 Å². The summed E-state index contributed by atoms with van der Waals surface area (Å²) in [5.41, 5.74) is 6.32. The Morgan fingerprint density at radius 2 is 1.39 bits per heavy atom. The second-order valence-electron chi connectivity index (χ2n) is 5.54. The maximum atomic E-state index is 6.07. The van der Waals surface area contributed by atoms with Crippen LogP contribution in [0.3, 0.4) is 0 Å². The molecule has 0 aromatic rings. The van der Waals surface area contributed by atoms with Crippen LogP contribution in [0.25, 0.3) is 0 Å². The van der Waals surface area contributed by atoms with Crippen molar-refractivity contribution in [1.82, 2.24) is 4.90 Å². The number of nitrogens with zero attached hydrogens (tertiary/aromatic N) is 1. The van der Waals surface area contributed by atoms with E-state index in [1.807, 2.05) is 0 Å². The van der Waals surface area contributed by atoms with E-state index in [0.717, 1.165) is 6.54 Å². The molecule has 0 spiro atoms. The fourth-order valence-electron chi connectivity index (χ4n) is 2.88. The number of hydrogen-bond donors (Lipinski definition) is 1. The topological polar surface area (TPSA) is 29.3 Å². The highest BCUT2D eigenvalue weighted by Gasteiger charge is 2.30. The van der Waals surface area contributed by atoms with E-state index in [1.165, 1.54) is 64.5 Å². The highest BCUT2D eigenvalue weighted by Crippen LogP contribution is 2.24. The van der Waals surface area contributed by atoms with Crippen LogP contribution in [-0.4, -0.2) is 30.1 Å². The molecule has 0 saturated heterocycles. The molecule has 0 aromatic heterocycles. The van der Waals surface area contributed by atoms with Gasteiger partial charge in [-0.3, -0.25) is 4.90 Å². The van der Waals surface area contributed by atoms with E-state index in [4.69, 9.17) is 5.73 Å². The molecular weight excluding hydrogens is 220 g/mol. The number of rotatable bonds is 12. The second-order valence-corrected chi connectivity index (χ2v) is 5.54. The van der Waals surface area contributed by atoms with Gasteiger partial charge in [-0.05, 0) is 38.8 Å². The molecule has 2 heteroatoms. The predicted octanol–water partition coefficient (Wildman–Crippen LogP) is 4.19. The molecule has 0 aliphatic rings. The van der Waals surface area contributed by atoms with Gasteiger partial charge >= 0.3 is 0 Å². The zero-order valence-corrected chi connectivity index (χ0v) is 13.3. The summed E-state index contributed by atoms with van der Waals surface area (Å²) >= 11 is 0.